The molecule has 62 valence electrons. The largest absolute Gasteiger partial charge is 0.308 e. The van der Waals surface area contributed by atoms with Crippen molar-refractivity contribution in [1.82, 2.24) is 10.9 Å². The zero-order chi connectivity index (χ0) is 8.27. The van der Waals surface area contributed by atoms with Crippen LogP contribution in [0, 0.1) is 5.92 Å². The molecule has 11 heavy (non-hydrogen) atoms. The first-order valence-electron chi connectivity index (χ1n) is 4.16. The molecule has 1 aliphatic heterocycles. The second-order valence-corrected chi connectivity index (χ2v) is 3.04. The topological polar surface area (TPSA) is 24.1 Å². The number of hydrazine groups is 1. The van der Waals surface area contributed by atoms with E-state index in [0.29, 0.717) is 5.92 Å². The quantitative estimate of drug-likeness (QED) is 0.631. The van der Waals surface area contributed by atoms with E-state index in [1.54, 1.807) is 0 Å². The molecule has 0 bridgehead atoms. The smallest absolute Gasteiger partial charge is 0.0346 e. The highest BCUT2D eigenvalue weighted by Gasteiger charge is 2.08. The monoisotopic (exact) mass is 152 g/mol. The van der Waals surface area contributed by atoms with Crippen molar-refractivity contribution in [2.24, 2.45) is 5.92 Å². The van der Waals surface area contributed by atoms with Crippen molar-refractivity contribution in [2.75, 3.05) is 0 Å². The molecule has 0 saturated carbocycles. The number of hydrogen-bond acceptors (Lipinski definition) is 2. The highest BCUT2D eigenvalue weighted by atomic mass is 15.4. The summed E-state index contributed by atoms with van der Waals surface area (Å²) in [4.78, 5) is 0. The SMILES string of the molecule is CCC1=C(C(C)C)C=CNN1. The molecule has 2 heteroatoms. The molecular formula is C9H16N2. The Balaban J connectivity index is 2.83. The summed E-state index contributed by atoms with van der Waals surface area (Å²) in [6.45, 7) is 6.58. The van der Waals surface area contributed by atoms with E-state index < -0.39 is 0 Å². The van der Waals surface area contributed by atoms with Gasteiger partial charge in [-0.25, -0.2) is 0 Å². The van der Waals surface area contributed by atoms with E-state index in [-0.39, 0.29) is 0 Å². The molecule has 1 aliphatic rings. The number of allylic oxidation sites excluding steroid dienone is 3. The summed E-state index contributed by atoms with van der Waals surface area (Å²) in [5.41, 5.74) is 8.84. The van der Waals surface area contributed by atoms with E-state index >= 15 is 0 Å². The highest BCUT2D eigenvalue weighted by molar-refractivity contribution is 5.28. The Morgan fingerprint density at radius 1 is 1.45 bits per heavy atom. The fraction of sp³-hybridized carbons (Fsp3) is 0.556. The predicted molar refractivity (Wildman–Crippen MR) is 47.6 cm³/mol. The second-order valence-electron chi connectivity index (χ2n) is 3.04. The van der Waals surface area contributed by atoms with E-state index in [9.17, 15) is 0 Å². The van der Waals surface area contributed by atoms with Crippen LogP contribution >= 0.6 is 0 Å². The van der Waals surface area contributed by atoms with Gasteiger partial charge in [0.1, 0.15) is 0 Å². The summed E-state index contributed by atoms with van der Waals surface area (Å²) in [6, 6.07) is 0. The van der Waals surface area contributed by atoms with E-state index in [4.69, 9.17) is 0 Å². The van der Waals surface area contributed by atoms with Crippen LogP contribution in [-0.2, 0) is 0 Å². The van der Waals surface area contributed by atoms with Crippen LogP contribution in [0.15, 0.2) is 23.5 Å². The minimum Gasteiger partial charge on any atom is -0.308 e. The normalized spacial score (nSPS) is 16.7. The van der Waals surface area contributed by atoms with Gasteiger partial charge in [0.2, 0.25) is 0 Å². The molecule has 0 aromatic rings. The fourth-order valence-electron chi connectivity index (χ4n) is 1.27. The van der Waals surface area contributed by atoms with Gasteiger partial charge in [0.25, 0.3) is 0 Å². The molecule has 0 spiro atoms. The van der Waals surface area contributed by atoms with Crippen molar-refractivity contribution in [3.63, 3.8) is 0 Å². The van der Waals surface area contributed by atoms with Crippen molar-refractivity contribution < 1.29 is 0 Å². The molecule has 0 aliphatic carbocycles. The summed E-state index contributed by atoms with van der Waals surface area (Å²) in [5, 5.41) is 0. The molecule has 0 unspecified atom stereocenters. The Morgan fingerprint density at radius 3 is 2.64 bits per heavy atom. The van der Waals surface area contributed by atoms with E-state index in [2.05, 4.69) is 37.7 Å². The maximum absolute atomic E-state index is 3.14. The third-order valence-electron chi connectivity index (χ3n) is 1.89. The Kier molecular flexibility index (Phi) is 2.58. The lowest BCUT2D eigenvalue weighted by atomic mass is 9.99. The molecule has 0 aromatic carbocycles. The summed E-state index contributed by atoms with van der Waals surface area (Å²) < 4.78 is 0. The minimum atomic E-state index is 0.607. The number of rotatable bonds is 2. The third kappa shape index (κ3) is 1.76. The molecule has 1 rings (SSSR count). The van der Waals surface area contributed by atoms with Crippen molar-refractivity contribution in [3.8, 4) is 0 Å². The van der Waals surface area contributed by atoms with Crippen LogP contribution in [0.2, 0.25) is 0 Å². The third-order valence-corrected chi connectivity index (χ3v) is 1.89. The maximum atomic E-state index is 3.14. The average Bonchev–Trinajstić information content (AvgIpc) is 2.04. The lowest BCUT2D eigenvalue weighted by molar-refractivity contribution is 0.643. The predicted octanol–water partition coefficient (Wildman–Crippen LogP) is 1.93. The molecule has 1 heterocycles. The van der Waals surface area contributed by atoms with Crippen LogP contribution < -0.4 is 10.9 Å². The van der Waals surface area contributed by atoms with Gasteiger partial charge in [-0.2, -0.15) is 0 Å². The highest BCUT2D eigenvalue weighted by Crippen LogP contribution is 2.17. The van der Waals surface area contributed by atoms with Crippen LogP contribution in [0.4, 0.5) is 0 Å². The lowest BCUT2D eigenvalue weighted by Gasteiger charge is -2.20. The fourth-order valence-corrected chi connectivity index (χ4v) is 1.27. The first-order valence-corrected chi connectivity index (χ1v) is 4.16. The maximum Gasteiger partial charge on any atom is 0.0346 e. The molecule has 0 aromatic heterocycles. The average molecular weight is 152 g/mol. The molecule has 0 radical (unpaired) electrons. The van der Waals surface area contributed by atoms with Gasteiger partial charge < -0.3 is 10.9 Å². The van der Waals surface area contributed by atoms with Gasteiger partial charge in [0.05, 0.1) is 0 Å². The van der Waals surface area contributed by atoms with Gasteiger partial charge in [-0.15, -0.1) is 0 Å². The first kappa shape index (κ1) is 8.18. The van der Waals surface area contributed by atoms with Gasteiger partial charge in [0.15, 0.2) is 0 Å². The van der Waals surface area contributed by atoms with Gasteiger partial charge in [-0.1, -0.05) is 20.8 Å². The van der Waals surface area contributed by atoms with Crippen molar-refractivity contribution in [2.45, 2.75) is 27.2 Å². The van der Waals surface area contributed by atoms with Gasteiger partial charge >= 0.3 is 0 Å². The zero-order valence-electron chi connectivity index (χ0n) is 7.44. The van der Waals surface area contributed by atoms with Crippen molar-refractivity contribution in [1.29, 1.82) is 0 Å². The first-order chi connectivity index (χ1) is 5.25. The van der Waals surface area contributed by atoms with Crippen LogP contribution in [0.25, 0.3) is 0 Å². The van der Waals surface area contributed by atoms with Crippen LogP contribution in [0.1, 0.15) is 27.2 Å². The molecule has 2 nitrogen and oxygen atoms in total. The van der Waals surface area contributed by atoms with Gasteiger partial charge in [0, 0.05) is 11.9 Å². The van der Waals surface area contributed by atoms with E-state index in [1.807, 2.05) is 6.20 Å². The van der Waals surface area contributed by atoms with Crippen LogP contribution in [0.3, 0.4) is 0 Å². The van der Waals surface area contributed by atoms with E-state index in [0.717, 1.165) is 6.42 Å². The van der Waals surface area contributed by atoms with Crippen molar-refractivity contribution >= 4 is 0 Å². The van der Waals surface area contributed by atoms with Crippen molar-refractivity contribution in [3.05, 3.63) is 23.5 Å². The Bertz CT molecular complexity index is 190. The Hall–Kier alpha value is -0.920. The Labute approximate surface area is 68.3 Å². The summed E-state index contributed by atoms with van der Waals surface area (Å²) in [5.74, 6) is 0.607. The summed E-state index contributed by atoms with van der Waals surface area (Å²) >= 11 is 0. The molecule has 0 fully saturated rings. The molecule has 2 N–H and O–H groups in total. The van der Waals surface area contributed by atoms with E-state index in [1.165, 1.54) is 11.3 Å². The van der Waals surface area contributed by atoms with Crippen LogP contribution in [0.5, 0.6) is 0 Å². The standard InChI is InChI=1S/C9H16N2/c1-4-9-8(7(2)3)5-6-10-11-9/h5-7,10-11H,4H2,1-3H3. The minimum absolute atomic E-state index is 0.607. The molecule has 0 atom stereocenters. The second kappa shape index (κ2) is 3.46. The zero-order valence-corrected chi connectivity index (χ0v) is 7.44. The number of hydrogen-bond donors (Lipinski definition) is 2. The summed E-state index contributed by atoms with van der Waals surface area (Å²) in [6.07, 6.45) is 5.14. The Morgan fingerprint density at radius 2 is 2.18 bits per heavy atom. The number of nitrogens with one attached hydrogen (secondary N) is 2. The van der Waals surface area contributed by atoms with Gasteiger partial charge in [-0.3, -0.25) is 0 Å². The summed E-state index contributed by atoms with van der Waals surface area (Å²) in [7, 11) is 0. The molecule has 0 saturated heterocycles. The van der Waals surface area contributed by atoms with Gasteiger partial charge in [-0.05, 0) is 24.0 Å². The molecular weight excluding hydrogens is 136 g/mol. The van der Waals surface area contributed by atoms with Crippen LogP contribution in [-0.4, -0.2) is 0 Å². The lowest BCUT2D eigenvalue weighted by Crippen LogP contribution is -2.30. The molecule has 0 amide bonds.